The molecule has 5 rings (SSSR count). The van der Waals surface area contributed by atoms with Crippen LogP contribution in [-0.4, -0.2) is 0 Å². The Morgan fingerprint density at radius 3 is 2.28 bits per heavy atom. The van der Waals surface area contributed by atoms with Crippen LogP contribution in [-0.2, 0) is 7.05 Å². The largest absolute Gasteiger partial charge is 0.237 e. The van der Waals surface area contributed by atoms with Crippen LogP contribution in [0.25, 0.3) is 47.4 Å². The summed E-state index contributed by atoms with van der Waals surface area (Å²) in [5.74, 6) is 0. The van der Waals surface area contributed by atoms with Crippen molar-refractivity contribution < 1.29 is 10.1 Å². The predicted molar refractivity (Wildman–Crippen MR) is 137 cm³/mol. The fraction of sp³-hybridized carbons (Fsp3) is 0.172. The van der Waals surface area contributed by atoms with Crippen molar-refractivity contribution in [1.29, 1.82) is 0 Å². The van der Waals surface area contributed by atoms with Gasteiger partial charge in [0, 0.05) is 43.0 Å². The molecule has 5 aromatic rings. The van der Waals surface area contributed by atoms with Crippen molar-refractivity contribution in [3.63, 3.8) is 0 Å². The van der Waals surface area contributed by atoms with E-state index in [2.05, 4.69) is 17.0 Å². The highest BCUT2D eigenvalue weighted by molar-refractivity contribution is 7.27. The van der Waals surface area contributed by atoms with Crippen molar-refractivity contribution in [1.82, 2.24) is 0 Å². The van der Waals surface area contributed by atoms with Gasteiger partial charge in [-0.05, 0) is 42.8 Å². The molecule has 0 aliphatic carbocycles. The Morgan fingerprint density at radius 2 is 1.59 bits per heavy atom. The van der Waals surface area contributed by atoms with Gasteiger partial charge in [-0.2, -0.15) is 4.57 Å². The van der Waals surface area contributed by atoms with E-state index in [0.717, 1.165) is 42.4 Å². The van der Waals surface area contributed by atoms with Crippen LogP contribution >= 0.6 is 11.3 Å². The molecule has 3 aromatic carbocycles. The standard InChI is InChI=1S/C29H25N2S/c1-17-12-13-22-23-14-15-24(30-5)27(21-10-8-7-9-11-21)29(23)32-28(22)26(17)25-16-18(2)19(3)20(4)31(25)6/h7-16H,1-4,6H3/q+1/i3D3,16D. The summed E-state index contributed by atoms with van der Waals surface area (Å²) in [7, 11) is 1.84. The predicted octanol–water partition coefficient (Wildman–Crippen LogP) is 8.00. The Hall–Kier alpha value is -3.48. The van der Waals surface area contributed by atoms with Gasteiger partial charge < -0.3 is 0 Å². The molecule has 0 saturated heterocycles. The molecule has 0 aliphatic rings. The van der Waals surface area contributed by atoms with E-state index < -0.39 is 6.85 Å². The summed E-state index contributed by atoms with van der Waals surface area (Å²) in [6, 6.07) is 18.3. The molecule has 0 saturated carbocycles. The van der Waals surface area contributed by atoms with Gasteiger partial charge in [0.25, 0.3) is 0 Å². The third kappa shape index (κ3) is 2.95. The first kappa shape index (κ1) is 16.2. The molecule has 2 aromatic heterocycles. The first-order valence-corrected chi connectivity index (χ1v) is 11.3. The van der Waals surface area contributed by atoms with E-state index in [1.54, 1.807) is 18.3 Å². The first-order chi connectivity index (χ1) is 17.1. The highest BCUT2D eigenvalue weighted by Gasteiger charge is 2.23. The number of aryl methyl sites for hydroxylation is 1. The van der Waals surface area contributed by atoms with Gasteiger partial charge in [-0.3, -0.25) is 0 Å². The molecule has 0 fully saturated rings. The van der Waals surface area contributed by atoms with E-state index in [9.17, 15) is 0 Å². The van der Waals surface area contributed by atoms with Crippen LogP contribution in [0.4, 0.5) is 5.69 Å². The average molecular weight is 438 g/mol. The zero-order valence-electron chi connectivity index (χ0n) is 22.5. The minimum Gasteiger partial charge on any atom is -0.237 e. The van der Waals surface area contributed by atoms with Gasteiger partial charge in [0.1, 0.15) is 7.05 Å². The number of fused-ring (bicyclic) bond motifs is 3. The molecule has 0 N–H and O–H groups in total. The van der Waals surface area contributed by atoms with Crippen molar-refractivity contribution in [2.45, 2.75) is 27.6 Å². The number of hydrogen-bond donors (Lipinski definition) is 0. The van der Waals surface area contributed by atoms with Crippen LogP contribution in [0.1, 0.15) is 27.9 Å². The Balaban J connectivity index is 1.93. The summed E-state index contributed by atoms with van der Waals surface area (Å²) < 4.78 is 37.0. The second-order valence-electron chi connectivity index (χ2n) is 8.17. The zero-order valence-corrected chi connectivity index (χ0v) is 19.3. The molecule has 2 nitrogen and oxygen atoms in total. The van der Waals surface area contributed by atoms with Crippen molar-refractivity contribution >= 4 is 37.2 Å². The lowest BCUT2D eigenvalue weighted by atomic mass is 9.97. The molecular weight excluding hydrogens is 408 g/mol. The minimum absolute atomic E-state index is 0.229. The fourth-order valence-electron chi connectivity index (χ4n) is 4.42. The first-order valence-electron chi connectivity index (χ1n) is 12.5. The van der Waals surface area contributed by atoms with Crippen molar-refractivity contribution in [3.8, 4) is 22.4 Å². The third-order valence-electron chi connectivity index (χ3n) is 6.30. The highest BCUT2D eigenvalue weighted by Crippen LogP contribution is 2.47. The molecule has 32 heavy (non-hydrogen) atoms. The Bertz CT molecular complexity index is 1700. The molecule has 0 amide bonds. The molecule has 2 heterocycles. The van der Waals surface area contributed by atoms with E-state index in [-0.39, 0.29) is 11.6 Å². The highest BCUT2D eigenvalue weighted by atomic mass is 32.1. The van der Waals surface area contributed by atoms with Crippen LogP contribution in [0, 0.1) is 34.2 Å². The zero-order chi connectivity index (χ0) is 25.9. The van der Waals surface area contributed by atoms with Gasteiger partial charge in [0.15, 0.2) is 11.4 Å². The molecule has 0 unspecified atom stereocenters. The van der Waals surface area contributed by atoms with Gasteiger partial charge >= 0.3 is 0 Å². The lowest BCUT2D eigenvalue weighted by Gasteiger charge is -2.11. The maximum absolute atomic E-state index is 9.03. The summed E-state index contributed by atoms with van der Waals surface area (Å²) in [6.07, 6.45) is 0. The van der Waals surface area contributed by atoms with Crippen molar-refractivity contribution in [2.75, 3.05) is 0 Å². The SMILES string of the molecule is [2H]c1c(C)c(C([2H])([2H])[2H])c(C)[n+](C)c1-c1c(C)ccc2c1sc1c(-c3ccccc3)c([N+]#[C-])ccc12. The number of benzene rings is 3. The minimum atomic E-state index is -2.29. The van der Waals surface area contributed by atoms with Gasteiger partial charge in [-0.1, -0.05) is 54.6 Å². The second kappa shape index (κ2) is 7.58. The quantitative estimate of drug-likeness (QED) is 0.195. The Morgan fingerprint density at radius 1 is 0.906 bits per heavy atom. The number of aromatic nitrogens is 1. The summed E-state index contributed by atoms with van der Waals surface area (Å²) in [5.41, 5.74) is 6.56. The molecule has 0 atom stereocenters. The second-order valence-corrected chi connectivity index (χ2v) is 9.19. The fourth-order valence-corrected chi connectivity index (χ4v) is 5.89. The number of hydrogen-bond acceptors (Lipinski definition) is 1. The topological polar surface area (TPSA) is 8.24 Å². The number of thiophene rings is 1. The number of nitrogens with zero attached hydrogens (tertiary/aromatic N) is 2. The van der Waals surface area contributed by atoms with E-state index in [0.29, 0.717) is 22.6 Å². The average Bonchev–Trinajstić information content (AvgIpc) is 3.22. The van der Waals surface area contributed by atoms with Crippen LogP contribution in [0.3, 0.4) is 0 Å². The lowest BCUT2D eigenvalue weighted by molar-refractivity contribution is -0.667. The van der Waals surface area contributed by atoms with Crippen LogP contribution in [0.2, 0.25) is 0 Å². The van der Waals surface area contributed by atoms with E-state index in [4.69, 9.17) is 12.1 Å². The molecule has 0 bridgehead atoms. The van der Waals surface area contributed by atoms with Gasteiger partial charge in [0.2, 0.25) is 5.69 Å². The number of pyridine rings is 1. The molecule has 156 valence electrons. The monoisotopic (exact) mass is 437 g/mol. The van der Waals surface area contributed by atoms with E-state index in [1.807, 2.05) is 67.9 Å². The van der Waals surface area contributed by atoms with E-state index in [1.165, 1.54) is 0 Å². The summed E-state index contributed by atoms with van der Waals surface area (Å²) in [4.78, 5) is 3.82. The summed E-state index contributed by atoms with van der Waals surface area (Å²) in [5, 5.41) is 2.14. The van der Waals surface area contributed by atoms with Crippen molar-refractivity contribution in [3.05, 3.63) is 94.4 Å². The summed E-state index contributed by atoms with van der Waals surface area (Å²) in [6.45, 7) is 11.1. The lowest BCUT2D eigenvalue weighted by Crippen LogP contribution is -2.36. The Kier molecular flexibility index (Phi) is 3.84. The molecular formula is C29H25N2S+. The Labute approximate surface area is 198 Å². The smallest absolute Gasteiger partial charge is 0.214 e. The third-order valence-corrected chi connectivity index (χ3v) is 7.55. The van der Waals surface area contributed by atoms with Gasteiger partial charge in [-0.15, -0.1) is 11.3 Å². The maximum Gasteiger partial charge on any atom is 0.214 e. The normalized spacial score (nSPS) is 13.5. The van der Waals surface area contributed by atoms with Crippen LogP contribution in [0.15, 0.2) is 60.6 Å². The molecule has 3 heteroatoms. The summed E-state index contributed by atoms with van der Waals surface area (Å²) >= 11 is 1.64. The number of rotatable bonds is 2. The molecule has 0 aliphatic heterocycles. The van der Waals surface area contributed by atoms with Crippen molar-refractivity contribution in [2.24, 2.45) is 7.05 Å². The van der Waals surface area contributed by atoms with E-state index >= 15 is 0 Å². The maximum atomic E-state index is 9.03. The van der Waals surface area contributed by atoms with Crippen LogP contribution in [0.5, 0.6) is 0 Å². The van der Waals surface area contributed by atoms with Gasteiger partial charge in [-0.25, -0.2) is 4.85 Å². The molecule has 0 spiro atoms. The molecule has 0 radical (unpaired) electrons. The van der Waals surface area contributed by atoms with Gasteiger partial charge in [0.05, 0.1) is 13.5 Å². The van der Waals surface area contributed by atoms with Crippen LogP contribution < -0.4 is 4.57 Å².